The van der Waals surface area contributed by atoms with E-state index in [-0.39, 0.29) is 5.41 Å². The van der Waals surface area contributed by atoms with Crippen molar-refractivity contribution in [2.45, 2.75) is 84.2 Å². The molecule has 0 unspecified atom stereocenters. The third kappa shape index (κ3) is 1.92. The molecule has 1 N–H and O–H groups in total. The first kappa shape index (κ1) is 15.2. The zero-order valence-corrected chi connectivity index (χ0v) is 14.5. The minimum absolute atomic E-state index is 0.00449. The first-order valence-corrected chi connectivity index (χ1v) is 9.52. The topological polar surface area (TPSA) is 37.3 Å². The predicted molar refractivity (Wildman–Crippen MR) is 87.4 cm³/mol. The van der Waals surface area contributed by atoms with Crippen LogP contribution in [0, 0.1) is 34.5 Å². The Balaban J connectivity index is 1.63. The third-order valence-electron chi connectivity index (χ3n) is 8.66. The summed E-state index contributed by atoms with van der Waals surface area (Å²) in [6.45, 7) is 6.82. The molecule has 0 aromatic rings. The lowest BCUT2D eigenvalue weighted by atomic mass is 9.44. The Kier molecular flexibility index (Phi) is 3.16. The van der Waals surface area contributed by atoms with Crippen molar-refractivity contribution in [3.8, 4) is 0 Å². The van der Waals surface area contributed by atoms with Crippen molar-refractivity contribution in [1.29, 1.82) is 0 Å². The van der Waals surface area contributed by atoms with E-state index in [2.05, 4.69) is 13.8 Å². The van der Waals surface area contributed by atoms with Crippen LogP contribution in [0.1, 0.15) is 78.6 Å². The summed E-state index contributed by atoms with van der Waals surface area (Å²) in [5.41, 5.74) is -0.0217. The van der Waals surface area contributed by atoms with Crippen LogP contribution in [0.25, 0.3) is 0 Å². The second kappa shape index (κ2) is 4.59. The van der Waals surface area contributed by atoms with Gasteiger partial charge in [0.05, 0.1) is 5.60 Å². The number of Topliss-reactive ketones (excluding diaryl/α,β-unsaturated/α-hetero) is 1. The molecule has 124 valence electrons. The molecule has 2 nitrogen and oxygen atoms in total. The van der Waals surface area contributed by atoms with Gasteiger partial charge in [0.15, 0.2) is 0 Å². The number of fused-ring (bicyclic) bond motifs is 5. The molecule has 4 aliphatic carbocycles. The first-order valence-electron chi connectivity index (χ1n) is 9.52. The number of ketones is 1. The van der Waals surface area contributed by atoms with Crippen LogP contribution in [0.15, 0.2) is 0 Å². The highest BCUT2D eigenvalue weighted by Crippen LogP contribution is 2.66. The van der Waals surface area contributed by atoms with Crippen LogP contribution >= 0.6 is 0 Å². The molecule has 0 heterocycles. The van der Waals surface area contributed by atoms with Gasteiger partial charge in [0.2, 0.25) is 0 Å². The highest BCUT2D eigenvalue weighted by molar-refractivity contribution is 5.87. The minimum Gasteiger partial charge on any atom is -0.390 e. The lowest BCUT2D eigenvalue weighted by molar-refractivity contribution is -0.151. The molecule has 4 aliphatic rings. The lowest BCUT2D eigenvalue weighted by Gasteiger charge is -2.61. The summed E-state index contributed by atoms with van der Waals surface area (Å²) < 4.78 is 0. The zero-order chi connectivity index (χ0) is 15.8. The highest BCUT2D eigenvalue weighted by Gasteiger charge is 2.60. The van der Waals surface area contributed by atoms with Gasteiger partial charge in [-0.25, -0.2) is 0 Å². The second-order valence-electron chi connectivity index (χ2n) is 9.78. The highest BCUT2D eigenvalue weighted by atomic mass is 16.3. The SMILES string of the molecule is C[C@]1(O)CC[C@]2(C)[C@H](CC[C@H]3[C@H]2CC[C@@]2(C)C(=O)CC[C@H]32)C1. The van der Waals surface area contributed by atoms with Gasteiger partial charge >= 0.3 is 0 Å². The van der Waals surface area contributed by atoms with Crippen molar-refractivity contribution in [3.63, 3.8) is 0 Å². The molecule has 0 radical (unpaired) electrons. The molecule has 4 saturated carbocycles. The molecular weight excluding hydrogens is 272 g/mol. The summed E-state index contributed by atoms with van der Waals surface area (Å²) in [7, 11) is 0. The molecule has 4 rings (SSSR count). The van der Waals surface area contributed by atoms with Crippen LogP contribution in [0.3, 0.4) is 0 Å². The Morgan fingerprint density at radius 3 is 2.50 bits per heavy atom. The molecule has 0 aromatic heterocycles. The van der Waals surface area contributed by atoms with Gasteiger partial charge in [-0.15, -0.1) is 0 Å². The maximum atomic E-state index is 12.4. The van der Waals surface area contributed by atoms with E-state index < -0.39 is 5.60 Å². The second-order valence-corrected chi connectivity index (χ2v) is 9.78. The third-order valence-corrected chi connectivity index (χ3v) is 8.66. The van der Waals surface area contributed by atoms with E-state index in [4.69, 9.17) is 0 Å². The fourth-order valence-corrected chi connectivity index (χ4v) is 7.20. The van der Waals surface area contributed by atoms with E-state index in [0.717, 1.165) is 43.9 Å². The summed E-state index contributed by atoms with van der Waals surface area (Å²) in [5.74, 6) is 3.47. The smallest absolute Gasteiger partial charge is 0.139 e. The largest absolute Gasteiger partial charge is 0.390 e. The Morgan fingerprint density at radius 2 is 1.73 bits per heavy atom. The van der Waals surface area contributed by atoms with Gasteiger partial charge in [-0.1, -0.05) is 13.8 Å². The van der Waals surface area contributed by atoms with E-state index in [0.29, 0.717) is 23.0 Å². The van der Waals surface area contributed by atoms with Crippen molar-refractivity contribution in [1.82, 2.24) is 0 Å². The molecule has 0 bridgehead atoms. The van der Waals surface area contributed by atoms with E-state index in [1.54, 1.807) is 0 Å². The average molecular weight is 304 g/mol. The maximum absolute atomic E-state index is 12.4. The minimum atomic E-state index is -0.441. The van der Waals surface area contributed by atoms with Crippen LogP contribution in [0.5, 0.6) is 0 Å². The van der Waals surface area contributed by atoms with Crippen molar-refractivity contribution >= 4 is 5.78 Å². The molecule has 4 fully saturated rings. The monoisotopic (exact) mass is 304 g/mol. The molecule has 22 heavy (non-hydrogen) atoms. The Hall–Kier alpha value is -0.370. The summed E-state index contributed by atoms with van der Waals surface area (Å²) in [6.07, 6.45) is 10.1. The molecule has 0 aliphatic heterocycles. The molecule has 0 amide bonds. The van der Waals surface area contributed by atoms with Crippen LogP contribution in [0.2, 0.25) is 0 Å². The van der Waals surface area contributed by atoms with Gasteiger partial charge < -0.3 is 5.11 Å². The molecule has 0 spiro atoms. The van der Waals surface area contributed by atoms with Gasteiger partial charge in [-0.05, 0) is 87.4 Å². The Morgan fingerprint density at radius 1 is 0.955 bits per heavy atom. The fourth-order valence-electron chi connectivity index (χ4n) is 7.20. The van der Waals surface area contributed by atoms with Gasteiger partial charge in [-0.2, -0.15) is 0 Å². The van der Waals surface area contributed by atoms with Gasteiger partial charge in [-0.3, -0.25) is 4.79 Å². The van der Waals surface area contributed by atoms with Gasteiger partial charge in [0, 0.05) is 11.8 Å². The summed E-state index contributed by atoms with van der Waals surface area (Å²) in [6, 6.07) is 0. The normalized spacial score (nSPS) is 57.9. The van der Waals surface area contributed by atoms with Crippen LogP contribution in [-0.4, -0.2) is 16.5 Å². The summed E-state index contributed by atoms with van der Waals surface area (Å²) >= 11 is 0. The number of hydrogen-bond donors (Lipinski definition) is 1. The van der Waals surface area contributed by atoms with Crippen LogP contribution < -0.4 is 0 Å². The molecule has 0 aromatic carbocycles. The van der Waals surface area contributed by atoms with Crippen molar-refractivity contribution in [3.05, 3.63) is 0 Å². The molecule has 2 heteroatoms. The number of rotatable bonds is 0. The maximum Gasteiger partial charge on any atom is 0.139 e. The fraction of sp³-hybridized carbons (Fsp3) is 0.950. The van der Waals surface area contributed by atoms with Gasteiger partial charge in [0.25, 0.3) is 0 Å². The van der Waals surface area contributed by atoms with Crippen molar-refractivity contribution in [2.24, 2.45) is 34.5 Å². The summed E-state index contributed by atoms with van der Waals surface area (Å²) in [5, 5.41) is 10.5. The number of carbonyl (C=O) groups is 1. The first-order chi connectivity index (χ1) is 10.3. The zero-order valence-electron chi connectivity index (χ0n) is 14.5. The van der Waals surface area contributed by atoms with Crippen LogP contribution in [0.4, 0.5) is 0 Å². The van der Waals surface area contributed by atoms with Gasteiger partial charge in [0.1, 0.15) is 5.78 Å². The average Bonchev–Trinajstić information content (AvgIpc) is 2.76. The molecule has 0 saturated heterocycles. The lowest BCUT2D eigenvalue weighted by Crippen LogP contribution is -2.55. The quantitative estimate of drug-likeness (QED) is 0.722. The number of aliphatic hydroxyl groups is 1. The van der Waals surface area contributed by atoms with E-state index in [1.165, 1.54) is 25.7 Å². The predicted octanol–water partition coefficient (Wildman–Crippen LogP) is 4.35. The van der Waals surface area contributed by atoms with E-state index in [9.17, 15) is 9.90 Å². The standard InChI is InChI=1S/C20H32O2/c1-18(22)10-11-19(2)13(12-18)4-5-14-15-6-7-17(21)20(15,3)9-8-16(14)19/h13-16,22H,4-12H2,1-3H3/t13-,14-,15-,16-,18+,19-,20-/m1/s1. The Labute approximate surface area is 135 Å². The van der Waals surface area contributed by atoms with Crippen molar-refractivity contribution < 1.29 is 9.90 Å². The Bertz CT molecular complexity index is 496. The van der Waals surface area contributed by atoms with E-state index in [1.807, 2.05) is 6.92 Å². The number of hydrogen-bond acceptors (Lipinski definition) is 2. The summed E-state index contributed by atoms with van der Waals surface area (Å²) in [4.78, 5) is 12.4. The van der Waals surface area contributed by atoms with Crippen LogP contribution in [-0.2, 0) is 4.79 Å². The van der Waals surface area contributed by atoms with Crippen molar-refractivity contribution in [2.75, 3.05) is 0 Å². The van der Waals surface area contributed by atoms with E-state index >= 15 is 0 Å². The number of carbonyl (C=O) groups excluding carboxylic acids is 1. The molecular formula is C20H32O2. The molecule has 7 atom stereocenters.